The first kappa shape index (κ1) is 35.5. The van der Waals surface area contributed by atoms with E-state index in [2.05, 4.69) is 219 Å². The molecular formula is C59H45NO. The molecular weight excluding hydrogens is 739 g/mol. The number of hydrogen-bond acceptors (Lipinski definition) is 2. The summed E-state index contributed by atoms with van der Waals surface area (Å²) in [7, 11) is 0. The molecule has 1 atom stereocenters. The molecule has 0 saturated carbocycles. The monoisotopic (exact) mass is 783 g/mol. The summed E-state index contributed by atoms with van der Waals surface area (Å²) >= 11 is 0. The summed E-state index contributed by atoms with van der Waals surface area (Å²) in [5.41, 5.74) is 22.7. The number of para-hydroxylation sites is 1. The predicted octanol–water partition coefficient (Wildman–Crippen LogP) is 16.3. The Balaban J connectivity index is 0.00000216. The van der Waals surface area contributed by atoms with Crippen molar-refractivity contribution in [3.05, 3.63) is 234 Å². The Kier molecular flexibility index (Phi) is 7.45. The minimum absolute atomic E-state index is 0. The predicted molar refractivity (Wildman–Crippen MR) is 257 cm³/mol. The largest absolute Gasteiger partial charge is 0.456 e. The standard InChI is InChI=1S/C58H39NO.CH4.H2/c1-57(2)45-21-10-6-17-40(45)41-32-31-39(35-50(41)57)59(38-29-27-37(28-30-38)36-15-4-3-5-16-36)51-25-14-24-48-54(51)42-18-7-11-22-46(42)58(48)47-23-12-8-19-43(47)55-49(58)33-34-53-56(55)44-20-9-13-26-52(44)60-53;;/h3-35H,1-2H3;1H4;1H. The first-order valence-electron chi connectivity index (χ1n) is 21.0. The molecule has 1 aromatic heterocycles. The van der Waals surface area contributed by atoms with Crippen molar-refractivity contribution in [2.75, 3.05) is 4.90 Å². The van der Waals surface area contributed by atoms with Crippen molar-refractivity contribution in [1.29, 1.82) is 0 Å². The van der Waals surface area contributed by atoms with Crippen molar-refractivity contribution >= 4 is 39.0 Å². The van der Waals surface area contributed by atoms with Crippen LogP contribution in [0, 0.1) is 0 Å². The van der Waals surface area contributed by atoms with Gasteiger partial charge in [-0.1, -0.05) is 179 Å². The van der Waals surface area contributed by atoms with Crippen LogP contribution in [-0.4, -0.2) is 0 Å². The van der Waals surface area contributed by atoms with Crippen LogP contribution < -0.4 is 4.90 Å². The van der Waals surface area contributed by atoms with E-state index in [0.29, 0.717) is 0 Å². The molecule has 61 heavy (non-hydrogen) atoms. The molecule has 1 spiro atoms. The summed E-state index contributed by atoms with van der Waals surface area (Å²) in [5, 5.41) is 2.35. The first-order chi connectivity index (χ1) is 29.5. The van der Waals surface area contributed by atoms with Gasteiger partial charge in [-0.05, 0) is 115 Å². The molecule has 9 aromatic carbocycles. The smallest absolute Gasteiger partial charge is 0.136 e. The average molecular weight is 784 g/mol. The van der Waals surface area contributed by atoms with E-state index in [1.165, 1.54) is 89.0 Å². The van der Waals surface area contributed by atoms with Gasteiger partial charge in [0.2, 0.25) is 0 Å². The summed E-state index contributed by atoms with van der Waals surface area (Å²) in [4.78, 5) is 2.51. The number of fused-ring (bicyclic) bond motifs is 17. The Bertz CT molecular complexity index is 3410. The summed E-state index contributed by atoms with van der Waals surface area (Å²) in [6, 6.07) is 74.1. The second-order valence-corrected chi connectivity index (χ2v) is 17.1. The van der Waals surface area contributed by atoms with Crippen molar-refractivity contribution < 1.29 is 5.84 Å². The molecule has 1 heterocycles. The Hall–Kier alpha value is -7.42. The molecule has 3 aliphatic rings. The second kappa shape index (κ2) is 12.8. The van der Waals surface area contributed by atoms with Crippen LogP contribution in [0.25, 0.3) is 66.4 Å². The van der Waals surface area contributed by atoms with E-state index in [0.717, 1.165) is 27.9 Å². The van der Waals surface area contributed by atoms with Crippen LogP contribution in [0.4, 0.5) is 17.1 Å². The minimum atomic E-state index is -0.523. The van der Waals surface area contributed by atoms with Crippen molar-refractivity contribution in [1.82, 2.24) is 0 Å². The molecule has 0 N–H and O–H groups in total. The first-order valence-corrected chi connectivity index (χ1v) is 21.0. The Morgan fingerprint density at radius 2 is 0.984 bits per heavy atom. The van der Waals surface area contributed by atoms with Gasteiger partial charge in [-0.3, -0.25) is 0 Å². The van der Waals surface area contributed by atoms with Crippen LogP contribution in [0.5, 0.6) is 0 Å². The van der Waals surface area contributed by atoms with Crippen LogP contribution in [0.2, 0.25) is 0 Å². The molecule has 0 amide bonds. The van der Waals surface area contributed by atoms with Gasteiger partial charge in [0.1, 0.15) is 11.2 Å². The zero-order chi connectivity index (χ0) is 39.7. The number of nitrogens with zero attached hydrogens (tertiary/aromatic N) is 1. The maximum Gasteiger partial charge on any atom is 0.136 e. The van der Waals surface area contributed by atoms with Gasteiger partial charge in [0.15, 0.2) is 0 Å². The van der Waals surface area contributed by atoms with E-state index in [4.69, 9.17) is 4.42 Å². The van der Waals surface area contributed by atoms with Gasteiger partial charge in [-0.25, -0.2) is 0 Å². The number of anilines is 3. The lowest BCUT2D eigenvalue weighted by Gasteiger charge is -2.32. The van der Waals surface area contributed by atoms with Crippen molar-refractivity contribution in [3.63, 3.8) is 0 Å². The molecule has 10 aromatic rings. The van der Waals surface area contributed by atoms with Crippen LogP contribution in [0.3, 0.4) is 0 Å². The Morgan fingerprint density at radius 3 is 1.75 bits per heavy atom. The fraction of sp³-hybridized carbons (Fsp3) is 0.0847. The van der Waals surface area contributed by atoms with Gasteiger partial charge in [0, 0.05) is 34.6 Å². The lowest BCUT2D eigenvalue weighted by atomic mass is 9.70. The van der Waals surface area contributed by atoms with Gasteiger partial charge in [-0.15, -0.1) is 0 Å². The fourth-order valence-corrected chi connectivity index (χ4v) is 11.3. The lowest BCUT2D eigenvalue weighted by molar-refractivity contribution is 0.660. The maximum atomic E-state index is 6.53. The van der Waals surface area contributed by atoms with Gasteiger partial charge in [0.25, 0.3) is 0 Å². The van der Waals surface area contributed by atoms with Gasteiger partial charge < -0.3 is 9.32 Å². The third-order valence-corrected chi connectivity index (χ3v) is 13.9. The molecule has 2 heteroatoms. The van der Waals surface area contributed by atoms with Gasteiger partial charge in [-0.2, -0.15) is 0 Å². The van der Waals surface area contributed by atoms with E-state index < -0.39 is 5.41 Å². The van der Waals surface area contributed by atoms with E-state index in [-0.39, 0.29) is 14.3 Å². The molecule has 292 valence electrons. The lowest BCUT2D eigenvalue weighted by Crippen LogP contribution is -2.26. The molecule has 1 unspecified atom stereocenters. The molecule has 3 aliphatic carbocycles. The average Bonchev–Trinajstić information content (AvgIpc) is 3.99. The van der Waals surface area contributed by atoms with E-state index in [1.807, 2.05) is 0 Å². The number of furan rings is 1. The van der Waals surface area contributed by atoms with E-state index in [9.17, 15) is 0 Å². The highest BCUT2D eigenvalue weighted by molar-refractivity contribution is 6.16. The van der Waals surface area contributed by atoms with Gasteiger partial charge >= 0.3 is 0 Å². The second-order valence-electron chi connectivity index (χ2n) is 17.1. The van der Waals surface area contributed by atoms with E-state index >= 15 is 0 Å². The third kappa shape index (κ3) is 4.62. The third-order valence-electron chi connectivity index (χ3n) is 13.9. The molecule has 0 fully saturated rings. The van der Waals surface area contributed by atoms with Crippen LogP contribution in [-0.2, 0) is 10.8 Å². The maximum absolute atomic E-state index is 6.53. The quantitative estimate of drug-likeness (QED) is 0.177. The fourth-order valence-electron chi connectivity index (χ4n) is 11.3. The Morgan fingerprint density at radius 1 is 0.410 bits per heavy atom. The summed E-state index contributed by atoms with van der Waals surface area (Å²) < 4.78 is 6.53. The summed E-state index contributed by atoms with van der Waals surface area (Å²) in [6.45, 7) is 4.74. The minimum Gasteiger partial charge on any atom is -0.456 e. The van der Waals surface area contributed by atoms with Crippen LogP contribution >= 0.6 is 0 Å². The molecule has 0 saturated heterocycles. The number of rotatable bonds is 4. The zero-order valence-electron chi connectivity index (χ0n) is 33.4. The van der Waals surface area contributed by atoms with Gasteiger partial charge in [0.05, 0.1) is 11.1 Å². The SMILES string of the molecule is C.CC1(C)c2ccccc2-c2ccc(N(c3ccc(-c4ccccc4)cc3)c3cccc4c3-c3ccccc3C43c4ccccc4-c4c3ccc3oc5ccccc5c43)cc21.[HH]. The topological polar surface area (TPSA) is 16.4 Å². The van der Waals surface area contributed by atoms with E-state index in [1.54, 1.807) is 0 Å². The van der Waals surface area contributed by atoms with Crippen molar-refractivity contribution in [3.8, 4) is 44.5 Å². The molecule has 13 rings (SSSR count). The van der Waals surface area contributed by atoms with Crippen LogP contribution in [0.15, 0.2) is 205 Å². The molecule has 0 aliphatic heterocycles. The molecule has 0 radical (unpaired) electrons. The summed E-state index contributed by atoms with van der Waals surface area (Å²) in [5.74, 6) is 0. The Labute approximate surface area is 358 Å². The van der Waals surface area contributed by atoms with Crippen molar-refractivity contribution in [2.24, 2.45) is 0 Å². The number of hydrogen-bond donors (Lipinski definition) is 0. The molecule has 0 bridgehead atoms. The highest BCUT2D eigenvalue weighted by Gasteiger charge is 2.53. The number of benzene rings is 9. The van der Waals surface area contributed by atoms with Crippen LogP contribution in [0.1, 0.15) is 56.1 Å². The zero-order valence-corrected chi connectivity index (χ0v) is 33.4. The highest BCUT2D eigenvalue weighted by atomic mass is 16.3. The highest BCUT2D eigenvalue weighted by Crippen LogP contribution is 2.66. The van der Waals surface area contributed by atoms with Crippen molar-refractivity contribution in [2.45, 2.75) is 32.1 Å². The normalized spacial score (nSPS) is 15.8. The molecule has 2 nitrogen and oxygen atoms in total. The summed E-state index contributed by atoms with van der Waals surface area (Å²) in [6.07, 6.45) is 0.